The quantitative estimate of drug-likeness (QED) is 0.311. The van der Waals surface area contributed by atoms with Crippen LogP contribution in [0.1, 0.15) is 11.3 Å². The first-order chi connectivity index (χ1) is 17.2. The number of halogens is 4. The van der Waals surface area contributed by atoms with E-state index in [0.717, 1.165) is 45.6 Å². The molecule has 36 heavy (non-hydrogen) atoms. The van der Waals surface area contributed by atoms with E-state index in [1.807, 2.05) is 37.3 Å². The molecule has 10 heteroatoms. The predicted octanol–water partition coefficient (Wildman–Crippen LogP) is 5.85. The van der Waals surface area contributed by atoms with Crippen LogP contribution >= 0.6 is 0 Å². The third kappa shape index (κ3) is 4.83. The number of hydrogen-bond donors (Lipinski definition) is 1. The normalized spacial score (nSPS) is 11.7. The summed E-state index contributed by atoms with van der Waals surface area (Å²) in [6.07, 6.45) is -1.77. The average Bonchev–Trinajstić information content (AvgIpc) is 3.25. The number of aromatic amines is 1. The van der Waals surface area contributed by atoms with Crippen LogP contribution in [-0.2, 0) is 6.54 Å². The first kappa shape index (κ1) is 23.3. The van der Waals surface area contributed by atoms with Gasteiger partial charge in [-0.1, -0.05) is 12.1 Å². The number of ether oxygens (including phenoxy) is 1. The number of rotatable bonds is 5. The Morgan fingerprint density at radius 2 is 1.78 bits per heavy atom. The van der Waals surface area contributed by atoms with Crippen molar-refractivity contribution in [2.75, 3.05) is 0 Å². The van der Waals surface area contributed by atoms with Crippen molar-refractivity contribution in [1.29, 1.82) is 0 Å². The number of aromatic nitrogens is 4. The molecule has 182 valence electrons. The maximum atomic E-state index is 13.7. The van der Waals surface area contributed by atoms with E-state index >= 15 is 0 Å². The van der Waals surface area contributed by atoms with Gasteiger partial charge in [0.05, 0.1) is 12.1 Å². The minimum atomic E-state index is -5.02. The summed E-state index contributed by atoms with van der Waals surface area (Å²) in [5.41, 5.74) is 4.74. The molecule has 6 nitrogen and oxygen atoms in total. The highest BCUT2D eigenvalue weighted by Gasteiger charge is 2.32. The Morgan fingerprint density at radius 1 is 0.972 bits per heavy atom. The summed E-state index contributed by atoms with van der Waals surface area (Å²) in [6, 6.07) is 15.8. The van der Waals surface area contributed by atoms with E-state index in [1.165, 1.54) is 22.9 Å². The van der Waals surface area contributed by atoms with E-state index in [0.29, 0.717) is 5.56 Å². The van der Waals surface area contributed by atoms with E-state index in [2.05, 4.69) is 19.9 Å². The van der Waals surface area contributed by atoms with E-state index in [4.69, 9.17) is 0 Å². The maximum Gasteiger partial charge on any atom is 0.573 e. The highest BCUT2D eigenvalue weighted by Crippen LogP contribution is 2.30. The monoisotopic (exact) mass is 494 g/mol. The Morgan fingerprint density at radius 3 is 2.53 bits per heavy atom. The number of nitrogens with zero attached hydrogens (tertiary/aromatic N) is 3. The molecule has 0 saturated heterocycles. The lowest BCUT2D eigenvalue weighted by Gasteiger charge is -2.12. The number of aryl methyl sites for hydroxylation is 1. The number of pyridine rings is 2. The first-order valence-corrected chi connectivity index (χ1v) is 10.8. The molecule has 0 unspecified atom stereocenters. The molecule has 0 aliphatic heterocycles. The minimum absolute atomic E-state index is 0.0556. The number of alkyl halides is 3. The third-order valence-corrected chi connectivity index (χ3v) is 5.64. The fourth-order valence-corrected chi connectivity index (χ4v) is 3.97. The van der Waals surface area contributed by atoms with Gasteiger partial charge in [0.1, 0.15) is 5.69 Å². The van der Waals surface area contributed by atoms with Crippen molar-refractivity contribution < 1.29 is 22.3 Å². The standard InChI is InChI=1S/C26H18F4N4O2/c1-15-10-19(6-8-31-15)25-20-12-17(3-5-22(20)32-33-25)18-7-9-34(24(35)13-18)14-16-2-4-21(27)23(11-16)36-26(28,29)30/h2-13H,14H2,1H3,(H,32,33). The molecule has 0 aliphatic carbocycles. The Bertz CT molecular complexity index is 1640. The lowest BCUT2D eigenvalue weighted by atomic mass is 10.0. The largest absolute Gasteiger partial charge is 0.573 e. The second-order valence-corrected chi connectivity index (χ2v) is 8.21. The molecule has 3 aromatic heterocycles. The zero-order valence-corrected chi connectivity index (χ0v) is 18.8. The predicted molar refractivity (Wildman–Crippen MR) is 126 cm³/mol. The molecule has 2 aromatic carbocycles. The van der Waals surface area contributed by atoms with Crippen molar-refractivity contribution in [3.05, 3.63) is 100 Å². The molecule has 0 saturated carbocycles. The molecular formula is C26H18F4N4O2. The van der Waals surface area contributed by atoms with Crippen LogP contribution in [0.4, 0.5) is 17.6 Å². The van der Waals surface area contributed by atoms with Gasteiger partial charge in [-0.2, -0.15) is 5.10 Å². The Kier molecular flexibility index (Phi) is 5.79. The molecule has 0 amide bonds. The van der Waals surface area contributed by atoms with Crippen molar-refractivity contribution in [2.24, 2.45) is 0 Å². The number of H-pyrrole nitrogens is 1. The van der Waals surface area contributed by atoms with Crippen LogP contribution in [0.2, 0.25) is 0 Å². The van der Waals surface area contributed by atoms with Crippen molar-refractivity contribution >= 4 is 10.9 Å². The van der Waals surface area contributed by atoms with E-state index < -0.39 is 17.9 Å². The summed E-state index contributed by atoms with van der Waals surface area (Å²) in [5, 5.41) is 8.32. The first-order valence-electron chi connectivity index (χ1n) is 10.8. The number of benzene rings is 2. The van der Waals surface area contributed by atoms with Gasteiger partial charge in [-0.3, -0.25) is 14.9 Å². The van der Waals surface area contributed by atoms with Crippen LogP contribution < -0.4 is 10.3 Å². The summed E-state index contributed by atoms with van der Waals surface area (Å²) in [4.78, 5) is 17.0. The molecule has 5 rings (SSSR count). The lowest BCUT2D eigenvalue weighted by molar-refractivity contribution is -0.275. The topological polar surface area (TPSA) is 72.8 Å². The number of hydrogen-bond acceptors (Lipinski definition) is 4. The van der Waals surface area contributed by atoms with Gasteiger partial charge in [-0.25, -0.2) is 4.39 Å². The van der Waals surface area contributed by atoms with Gasteiger partial charge < -0.3 is 9.30 Å². The maximum absolute atomic E-state index is 13.7. The van der Waals surface area contributed by atoms with Gasteiger partial charge >= 0.3 is 6.36 Å². The van der Waals surface area contributed by atoms with Gasteiger partial charge in [0.2, 0.25) is 0 Å². The Labute approximate surface area is 201 Å². The van der Waals surface area contributed by atoms with Crippen LogP contribution in [0.25, 0.3) is 33.3 Å². The molecule has 0 spiro atoms. The summed E-state index contributed by atoms with van der Waals surface area (Å²) < 4.78 is 56.3. The molecule has 0 bridgehead atoms. The van der Waals surface area contributed by atoms with Gasteiger partial charge in [-0.05, 0) is 66.1 Å². The SMILES string of the molecule is Cc1cc(-c2n[nH]c3ccc(-c4ccn(Cc5ccc(F)c(OC(F)(F)F)c5)c(=O)c4)cc23)ccn1. The van der Waals surface area contributed by atoms with Crippen molar-refractivity contribution in [3.63, 3.8) is 0 Å². The smallest absolute Gasteiger partial charge is 0.403 e. The van der Waals surface area contributed by atoms with Gasteiger partial charge in [0.15, 0.2) is 11.6 Å². The van der Waals surface area contributed by atoms with Crippen LogP contribution in [0.3, 0.4) is 0 Å². The Hall–Kier alpha value is -4.47. The lowest BCUT2D eigenvalue weighted by Crippen LogP contribution is -2.20. The van der Waals surface area contributed by atoms with E-state index in [-0.39, 0.29) is 17.7 Å². The third-order valence-electron chi connectivity index (χ3n) is 5.64. The van der Waals surface area contributed by atoms with Crippen LogP contribution in [0.15, 0.2) is 77.9 Å². The number of fused-ring (bicyclic) bond motifs is 1. The van der Waals surface area contributed by atoms with Gasteiger partial charge in [0.25, 0.3) is 5.56 Å². The summed E-state index contributed by atoms with van der Waals surface area (Å²) in [6.45, 7) is 1.84. The molecule has 5 aromatic rings. The van der Waals surface area contributed by atoms with Crippen molar-refractivity contribution in [3.8, 4) is 28.1 Å². The summed E-state index contributed by atoms with van der Waals surface area (Å²) in [7, 11) is 0. The molecule has 1 N–H and O–H groups in total. The molecular weight excluding hydrogens is 476 g/mol. The Balaban J connectivity index is 1.44. The van der Waals surface area contributed by atoms with Crippen LogP contribution in [0.5, 0.6) is 5.75 Å². The fourth-order valence-electron chi connectivity index (χ4n) is 3.97. The van der Waals surface area contributed by atoms with Crippen molar-refractivity contribution in [1.82, 2.24) is 19.7 Å². The van der Waals surface area contributed by atoms with Crippen LogP contribution in [0, 0.1) is 12.7 Å². The highest BCUT2D eigenvalue weighted by atomic mass is 19.4. The molecule has 0 atom stereocenters. The average molecular weight is 494 g/mol. The number of nitrogens with one attached hydrogen (secondary N) is 1. The minimum Gasteiger partial charge on any atom is -0.403 e. The van der Waals surface area contributed by atoms with Gasteiger partial charge in [-0.15, -0.1) is 13.2 Å². The second-order valence-electron chi connectivity index (χ2n) is 8.21. The fraction of sp³-hybridized carbons (Fsp3) is 0.115. The highest BCUT2D eigenvalue weighted by molar-refractivity contribution is 5.95. The summed E-state index contributed by atoms with van der Waals surface area (Å²) >= 11 is 0. The van der Waals surface area contributed by atoms with Crippen molar-refractivity contribution in [2.45, 2.75) is 19.8 Å². The van der Waals surface area contributed by atoms with E-state index in [9.17, 15) is 22.4 Å². The molecule has 3 heterocycles. The van der Waals surface area contributed by atoms with E-state index in [1.54, 1.807) is 12.3 Å². The van der Waals surface area contributed by atoms with Crippen LogP contribution in [-0.4, -0.2) is 26.1 Å². The molecule has 0 radical (unpaired) electrons. The summed E-state index contributed by atoms with van der Waals surface area (Å²) in [5.74, 6) is -2.09. The second kappa shape index (κ2) is 8.95. The van der Waals surface area contributed by atoms with Gasteiger partial charge in [0, 0.05) is 35.1 Å². The molecule has 0 aliphatic rings. The zero-order valence-electron chi connectivity index (χ0n) is 18.8. The molecule has 0 fully saturated rings. The zero-order chi connectivity index (χ0) is 25.4.